The van der Waals surface area contributed by atoms with Crippen molar-refractivity contribution in [3.63, 3.8) is 0 Å². The van der Waals surface area contributed by atoms with Crippen molar-refractivity contribution >= 4 is 17.5 Å². The Bertz CT molecular complexity index is 788. The highest BCUT2D eigenvalue weighted by Gasteiger charge is 2.30. The van der Waals surface area contributed by atoms with E-state index in [1.165, 1.54) is 12.7 Å². The minimum atomic E-state index is -0.300. The average molecular weight is 381 g/mol. The summed E-state index contributed by atoms with van der Waals surface area (Å²) >= 11 is 0. The first-order valence-electron chi connectivity index (χ1n) is 9.61. The van der Waals surface area contributed by atoms with Gasteiger partial charge in [0.2, 0.25) is 5.91 Å². The molecule has 0 spiro atoms. The van der Waals surface area contributed by atoms with Crippen LogP contribution in [0.15, 0.2) is 54.6 Å². The quantitative estimate of drug-likeness (QED) is 0.772. The van der Waals surface area contributed by atoms with Crippen LogP contribution in [-0.2, 0) is 9.53 Å². The maximum Gasteiger partial charge on any atom is 0.254 e. The predicted molar refractivity (Wildman–Crippen MR) is 109 cm³/mol. The van der Waals surface area contributed by atoms with E-state index in [-0.39, 0.29) is 36.9 Å². The summed E-state index contributed by atoms with van der Waals surface area (Å²) in [5.41, 5.74) is 7.99. The lowest BCUT2D eigenvalue weighted by atomic mass is 10.0. The Kier molecular flexibility index (Phi) is 6.79. The number of carbonyl (C=O) groups is 2. The second-order valence-electron chi connectivity index (χ2n) is 6.99. The molecular formula is C22H27N3O3. The van der Waals surface area contributed by atoms with Crippen molar-refractivity contribution in [1.82, 2.24) is 4.90 Å². The fourth-order valence-corrected chi connectivity index (χ4v) is 3.58. The van der Waals surface area contributed by atoms with Gasteiger partial charge in [-0.2, -0.15) is 0 Å². The van der Waals surface area contributed by atoms with Crippen molar-refractivity contribution in [2.24, 2.45) is 5.73 Å². The molecule has 3 rings (SSSR count). The maximum atomic E-state index is 13.0. The number of carbonyl (C=O) groups excluding carboxylic acids is 2. The topological polar surface area (TPSA) is 84.7 Å². The summed E-state index contributed by atoms with van der Waals surface area (Å²) in [6.07, 6.45) is 1.87. The van der Waals surface area contributed by atoms with E-state index in [1.54, 1.807) is 24.3 Å². The zero-order valence-electron chi connectivity index (χ0n) is 16.1. The minimum Gasteiger partial charge on any atom is -0.380 e. The maximum absolute atomic E-state index is 13.0. The number of methoxy groups -OCH3 is 1. The number of nitrogens with two attached hydrogens (primary N) is 1. The van der Waals surface area contributed by atoms with Gasteiger partial charge in [-0.05, 0) is 42.7 Å². The van der Waals surface area contributed by atoms with E-state index in [2.05, 4.69) is 17.4 Å². The van der Waals surface area contributed by atoms with Gasteiger partial charge in [-0.3, -0.25) is 9.59 Å². The van der Waals surface area contributed by atoms with Gasteiger partial charge in [0.25, 0.3) is 5.91 Å². The molecule has 3 N–H and O–H groups in total. The van der Waals surface area contributed by atoms with E-state index >= 15 is 0 Å². The molecule has 0 bridgehead atoms. The highest BCUT2D eigenvalue weighted by molar-refractivity contribution is 5.96. The molecule has 1 aliphatic rings. The van der Waals surface area contributed by atoms with Crippen molar-refractivity contribution in [2.45, 2.75) is 31.4 Å². The highest BCUT2D eigenvalue weighted by atomic mass is 16.5. The number of rotatable bonds is 7. The molecule has 1 aliphatic heterocycles. The minimum absolute atomic E-state index is 0.0202. The van der Waals surface area contributed by atoms with Crippen LogP contribution >= 0.6 is 0 Å². The van der Waals surface area contributed by atoms with E-state index in [1.807, 2.05) is 23.1 Å². The second-order valence-corrected chi connectivity index (χ2v) is 6.99. The number of benzene rings is 2. The first kappa shape index (κ1) is 20.0. The Labute approximate surface area is 165 Å². The summed E-state index contributed by atoms with van der Waals surface area (Å²) in [5.74, 6) is -0.146. The van der Waals surface area contributed by atoms with Crippen molar-refractivity contribution in [3.05, 3.63) is 65.7 Å². The molecule has 0 saturated carbocycles. The summed E-state index contributed by atoms with van der Waals surface area (Å²) in [6.45, 7) is 1.05. The third-order valence-electron chi connectivity index (χ3n) is 5.12. The molecular weight excluding hydrogens is 354 g/mol. The van der Waals surface area contributed by atoms with E-state index in [4.69, 9.17) is 10.5 Å². The molecule has 2 unspecified atom stereocenters. The molecule has 2 amide bonds. The van der Waals surface area contributed by atoms with Gasteiger partial charge in [0.05, 0.1) is 18.6 Å². The number of likely N-dealkylation sites (tertiary alicyclic amines) is 1. The Hall–Kier alpha value is -2.70. The predicted octanol–water partition coefficient (Wildman–Crippen LogP) is 2.97. The van der Waals surface area contributed by atoms with Crippen molar-refractivity contribution < 1.29 is 14.3 Å². The number of nitrogens with zero attached hydrogens (tertiary/aromatic N) is 1. The molecule has 2 aromatic rings. The molecule has 0 radical (unpaired) electrons. The smallest absolute Gasteiger partial charge is 0.254 e. The molecule has 1 saturated heterocycles. The summed E-state index contributed by atoms with van der Waals surface area (Å²) in [6, 6.07) is 17.3. The van der Waals surface area contributed by atoms with Crippen LogP contribution in [0.3, 0.4) is 0 Å². The number of hydrogen-bond donors (Lipinski definition) is 2. The lowest BCUT2D eigenvalue weighted by Gasteiger charge is -2.25. The number of hydrogen-bond acceptors (Lipinski definition) is 4. The lowest BCUT2D eigenvalue weighted by molar-refractivity contribution is -0.118. The molecule has 6 heteroatoms. The molecule has 1 fully saturated rings. The normalized spacial score (nSPS) is 17.4. The van der Waals surface area contributed by atoms with Crippen LogP contribution < -0.4 is 11.1 Å². The first-order valence-corrected chi connectivity index (χ1v) is 9.61. The summed E-state index contributed by atoms with van der Waals surface area (Å²) in [5, 5.41) is 2.81. The van der Waals surface area contributed by atoms with Gasteiger partial charge in [0, 0.05) is 31.5 Å². The SMILES string of the molecule is COC(CN)CC(=O)Nc1ccc(C(=O)N2CCCC2c2ccccc2)cc1. The van der Waals surface area contributed by atoms with Gasteiger partial charge < -0.3 is 20.7 Å². The molecule has 148 valence electrons. The van der Waals surface area contributed by atoms with Crippen LogP contribution in [-0.4, -0.2) is 43.0 Å². The Morgan fingerprint density at radius 2 is 1.89 bits per heavy atom. The monoisotopic (exact) mass is 381 g/mol. The third kappa shape index (κ3) is 4.77. The molecule has 28 heavy (non-hydrogen) atoms. The fraction of sp³-hybridized carbons (Fsp3) is 0.364. The van der Waals surface area contributed by atoms with Crippen molar-refractivity contribution in [1.29, 1.82) is 0 Å². The van der Waals surface area contributed by atoms with Gasteiger partial charge in [-0.25, -0.2) is 0 Å². The van der Waals surface area contributed by atoms with Crippen molar-refractivity contribution in [2.75, 3.05) is 25.5 Å². The van der Waals surface area contributed by atoms with Gasteiger partial charge in [0.15, 0.2) is 0 Å². The second kappa shape index (κ2) is 9.48. The molecule has 0 aromatic heterocycles. The third-order valence-corrected chi connectivity index (χ3v) is 5.12. The molecule has 6 nitrogen and oxygen atoms in total. The van der Waals surface area contributed by atoms with Gasteiger partial charge in [-0.1, -0.05) is 30.3 Å². The summed E-state index contributed by atoms with van der Waals surface area (Å²) in [7, 11) is 1.53. The molecule has 2 atom stereocenters. The number of nitrogens with one attached hydrogen (secondary N) is 1. The van der Waals surface area contributed by atoms with Crippen molar-refractivity contribution in [3.8, 4) is 0 Å². The van der Waals surface area contributed by atoms with Crippen LogP contribution in [0.4, 0.5) is 5.69 Å². The Balaban J connectivity index is 1.64. The van der Waals surface area contributed by atoms with Gasteiger partial charge in [-0.15, -0.1) is 0 Å². The van der Waals surface area contributed by atoms with Crippen LogP contribution in [0.2, 0.25) is 0 Å². The summed E-state index contributed by atoms with van der Waals surface area (Å²) < 4.78 is 5.13. The molecule has 1 heterocycles. The number of amides is 2. The fourth-order valence-electron chi connectivity index (χ4n) is 3.58. The zero-order valence-corrected chi connectivity index (χ0v) is 16.1. The van der Waals surface area contributed by atoms with Crippen LogP contribution in [0.25, 0.3) is 0 Å². The molecule has 0 aliphatic carbocycles. The van der Waals surface area contributed by atoms with Crippen LogP contribution in [0, 0.1) is 0 Å². The van der Waals surface area contributed by atoms with Crippen LogP contribution in [0.5, 0.6) is 0 Å². The highest BCUT2D eigenvalue weighted by Crippen LogP contribution is 2.33. The van der Waals surface area contributed by atoms with E-state index in [0.717, 1.165) is 19.4 Å². The standard InChI is InChI=1S/C22H27N3O3/c1-28-19(15-23)14-21(26)24-18-11-9-17(10-12-18)22(27)25-13-5-8-20(25)16-6-3-2-4-7-16/h2-4,6-7,9-12,19-20H,5,8,13-15,23H2,1H3,(H,24,26). The summed E-state index contributed by atoms with van der Waals surface area (Å²) in [4.78, 5) is 27.0. The van der Waals surface area contributed by atoms with E-state index in [0.29, 0.717) is 11.3 Å². The van der Waals surface area contributed by atoms with Gasteiger partial charge >= 0.3 is 0 Å². The lowest BCUT2D eigenvalue weighted by Crippen LogP contribution is -2.30. The van der Waals surface area contributed by atoms with Gasteiger partial charge in [0.1, 0.15) is 0 Å². The Morgan fingerprint density at radius 3 is 2.54 bits per heavy atom. The van der Waals surface area contributed by atoms with E-state index < -0.39 is 0 Å². The number of ether oxygens (including phenoxy) is 1. The molecule has 2 aromatic carbocycles. The Morgan fingerprint density at radius 1 is 1.18 bits per heavy atom. The average Bonchev–Trinajstić information content (AvgIpc) is 3.22. The zero-order chi connectivity index (χ0) is 19.9. The number of anilines is 1. The van der Waals surface area contributed by atoms with E-state index in [9.17, 15) is 9.59 Å². The largest absolute Gasteiger partial charge is 0.380 e. The first-order chi connectivity index (χ1) is 13.6. The van der Waals surface area contributed by atoms with Crippen LogP contribution in [0.1, 0.15) is 41.2 Å².